The van der Waals surface area contributed by atoms with Crippen LogP contribution in [0.25, 0.3) is 0 Å². The molecule has 5 aromatic rings. The average molecular weight is 1420 g/mol. The summed E-state index contributed by atoms with van der Waals surface area (Å²) in [6.07, 6.45) is 34.6. The van der Waals surface area contributed by atoms with Crippen molar-refractivity contribution in [1.82, 2.24) is 0 Å². The second kappa shape index (κ2) is 42.7. The number of nitrogens with zero attached hydrogens (tertiary/aromatic N) is 5. The van der Waals surface area contributed by atoms with Gasteiger partial charge in [0.15, 0.2) is 0 Å². The first kappa shape index (κ1) is 79.9. The van der Waals surface area contributed by atoms with Crippen LogP contribution >= 0.6 is 0 Å². The van der Waals surface area contributed by atoms with Crippen molar-refractivity contribution in [3.05, 3.63) is 127 Å². The van der Waals surface area contributed by atoms with E-state index in [4.69, 9.17) is 29.2 Å². The number of unbranched alkanes of at least 4 members (excludes halogenated alkanes) is 28. The molecule has 0 saturated carbocycles. The maximum atomic E-state index is 16.1. The summed E-state index contributed by atoms with van der Waals surface area (Å²) in [5.41, 5.74) is 1.71. The molecule has 100 heavy (non-hydrogen) atoms. The number of hydrazone groups is 2. The summed E-state index contributed by atoms with van der Waals surface area (Å²) >= 11 is 0. The Labute approximate surface area is 595 Å². The van der Waals surface area contributed by atoms with E-state index in [0.29, 0.717) is 59.9 Å². The Kier molecular flexibility index (Phi) is 34.1. The van der Waals surface area contributed by atoms with Crippen LogP contribution in [0.5, 0.6) is 23.0 Å². The zero-order valence-corrected chi connectivity index (χ0v) is 61.2. The standard InChI is InChI=1S/C79H109N5O14S2/c1-5-9-11-13-15-17-19-21-23-25-27-29-31-33-41-47-67-76(78(87)83(80-67)63-53-55-69(71(57-63)99(89,90)91)97-65-43-37-35-38-44-65)75(61-49-51-62(52-50-61)82(59-73(85)95-7-3)60-74(86)96-8-4)77-68(48-42-34-32-30-28-26-24-22-20-18-16-14-12-10-6-2)81-84(79(77)88)64-54-56-70(72(58-64)100(92,93)94)98-66-45-39-36-40-46-66/h35-40,43-46,49-58,75-77H,5-34,41-42,47-48,59-60H2,1-4H3,(H,89,90,91)(H,92,93,94). The van der Waals surface area contributed by atoms with Crippen LogP contribution in [0.3, 0.4) is 0 Å². The zero-order valence-electron chi connectivity index (χ0n) is 59.6. The predicted octanol–water partition coefficient (Wildman–Crippen LogP) is 19.3. The van der Waals surface area contributed by atoms with E-state index < -0.39 is 71.5 Å². The van der Waals surface area contributed by atoms with Crippen molar-refractivity contribution >= 4 is 72.5 Å². The van der Waals surface area contributed by atoms with Gasteiger partial charge < -0.3 is 23.8 Å². The van der Waals surface area contributed by atoms with Crippen LogP contribution in [0.15, 0.2) is 141 Å². The van der Waals surface area contributed by atoms with Crippen molar-refractivity contribution in [3.8, 4) is 23.0 Å². The number of para-hydroxylation sites is 2. The fraction of sp³-hybridized carbons (Fsp3) is 0.544. The third kappa shape index (κ3) is 25.6. The maximum Gasteiger partial charge on any atom is 0.325 e. The number of carbonyl (C=O) groups excluding carboxylic acids is 4. The number of anilines is 3. The summed E-state index contributed by atoms with van der Waals surface area (Å²) in [7, 11) is -10.00. The van der Waals surface area contributed by atoms with Gasteiger partial charge in [0.05, 0.1) is 47.8 Å². The summed E-state index contributed by atoms with van der Waals surface area (Å²) in [5, 5.41) is 12.4. The molecule has 0 aromatic heterocycles. The molecular weight excluding hydrogens is 1310 g/mol. The Hall–Kier alpha value is -7.46. The van der Waals surface area contributed by atoms with Crippen molar-refractivity contribution in [2.75, 3.05) is 41.2 Å². The molecule has 7 rings (SSSR count). The van der Waals surface area contributed by atoms with Gasteiger partial charge in [-0.15, -0.1) is 0 Å². The van der Waals surface area contributed by atoms with Gasteiger partial charge in [-0.25, -0.2) is 10.0 Å². The molecule has 21 heteroatoms. The van der Waals surface area contributed by atoms with Crippen LogP contribution in [-0.4, -0.2) is 87.4 Å². The molecule has 0 aliphatic carbocycles. The number of benzene rings is 5. The van der Waals surface area contributed by atoms with E-state index in [1.54, 1.807) is 98.8 Å². The Bertz CT molecular complexity index is 3410. The summed E-state index contributed by atoms with van der Waals surface area (Å²) in [6.45, 7) is 7.42. The molecule has 2 aliphatic heterocycles. The summed E-state index contributed by atoms with van der Waals surface area (Å²) in [6, 6.07) is 31.7. The highest BCUT2D eigenvalue weighted by Crippen LogP contribution is 2.46. The zero-order chi connectivity index (χ0) is 71.5. The average Bonchev–Trinajstić information content (AvgIpc) is 1.58. The molecule has 546 valence electrons. The molecule has 0 radical (unpaired) electrons. The molecule has 0 bridgehead atoms. The molecule has 2 aliphatic rings. The third-order valence-corrected chi connectivity index (χ3v) is 20.4. The third-order valence-electron chi connectivity index (χ3n) is 18.7. The highest BCUT2D eigenvalue weighted by Gasteiger charge is 2.52. The lowest BCUT2D eigenvalue weighted by atomic mass is 9.71. The van der Waals surface area contributed by atoms with Crippen LogP contribution in [-0.2, 0) is 48.9 Å². The highest BCUT2D eigenvalue weighted by molar-refractivity contribution is 7.86. The van der Waals surface area contributed by atoms with Gasteiger partial charge in [-0.3, -0.25) is 28.3 Å². The van der Waals surface area contributed by atoms with E-state index in [1.807, 2.05) is 0 Å². The topological polar surface area (TPSA) is 248 Å². The van der Waals surface area contributed by atoms with Gasteiger partial charge in [0, 0.05) is 11.6 Å². The number of ether oxygens (including phenoxy) is 4. The normalized spacial score (nSPS) is 15.1. The molecule has 5 aromatic carbocycles. The number of hydrogen-bond acceptors (Lipinski definition) is 15. The lowest BCUT2D eigenvalue weighted by Crippen LogP contribution is -2.41. The fourth-order valence-corrected chi connectivity index (χ4v) is 14.7. The maximum absolute atomic E-state index is 16.1. The number of carbonyl (C=O) groups is 4. The van der Waals surface area contributed by atoms with Gasteiger partial charge in [-0.2, -0.15) is 27.0 Å². The molecule has 2 amide bonds. The second-order valence-electron chi connectivity index (χ2n) is 26.5. The molecule has 0 saturated heterocycles. The Morgan fingerprint density at radius 1 is 0.440 bits per heavy atom. The smallest absolute Gasteiger partial charge is 0.325 e. The predicted molar refractivity (Wildman–Crippen MR) is 396 cm³/mol. The van der Waals surface area contributed by atoms with E-state index in [0.717, 1.165) is 86.4 Å². The van der Waals surface area contributed by atoms with Crippen molar-refractivity contribution < 1.29 is 64.1 Å². The number of esters is 2. The van der Waals surface area contributed by atoms with Crippen molar-refractivity contribution in [2.24, 2.45) is 22.0 Å². The molecular formula is C79H109N5O14S2. The minimum absolute atomic E-state index is 0.00109. The molecule has 2 atom stereocenters. The van der Waals surface area contributed by atoms with Gasteiger partial charge in [0.25, 0.3) is 32.1 Å². The minimum atomic E-state index is -5.00. The van der Waals surface area contributed by atoms with Crippen molar-refractivity contribution in [1.29, 1.82) is 0 Å². The van der Waals surface area contributed by atoms with Crippen LogP contribution in [0.1, 0.15) is 245 Å². The van der Waals surface area contributed by atoms with Crippen LogP contribution < -0.4 is 24.4 Å². The van der Waals surface area contributed by atoms with Crippen molar-refractivity contribution in [3.63, 3.8) is 0 Å². The van der Waals surface area contributed by atoms with E-state index >= 15 is 9.59 Å². The monoisotopic (exact) mass is 1420 g/mol. The van der Waals surface area contributed by atoms with Gasteiger partial charge in [-0.1, -0.05) is 242 Å². The number of hydrogen-bond donors (Lipinski definition) is 2. The first-order valence-corrected chi connectivity index (χ1v) is 40.0. The number of amides is 2. The molecule has 0 spiro atoms. The summed E-state index contributed by atoms with van der Waals surface area (Å²) in [5.74, 6) is -5.76. The van der Waals surface area contributed by atoms with Gasteiger partial charge in [0.1, 0.15) is 45.9 Å². The SMILES string of the molecule is CCCCCCCCCCCCCCCCCC1=NN(c2ccc(Oc3ccccc3)c(S(=O)(=O)O)c2)C(=O)C1C(c1ccc(N(CC(=O)OCC)CC(=O)OCC)cc1)C1C(=O)N(c2ccc(Oc3ccccc3)c(S(=O)(=O)O)c2)N=C1CCCCCCCCCCCCCCCCC. The van der Waals surface area contributed by atoms with E-state index in [-0.39, 0.29) is 49.2 Å². The van der Waals surface area contributed by atoms with Crippen LogP contribution in [0, 0.1) is 11.8 Å². The van der Waals surface area contributed by atoms with Crippen LogP contribution in [0.4, 0.5) is 17.1 Å². The second-order valence-corrected chi connectivity index (χ2v) is 29.2. The number of rotatable bonds is 50. The summed E-state index contributed by atoms with van der Waals surface area (Å²) < 4.78 is 97.6. The minimum Gasteiger partial charge on any atom is -0.465 e. The van der Waals surface area contributed by atoms with Gasteiger partial charge in [0.2, 0.25) is 0 Å². The first-order chi connectivity index (χ1) is 48.4. The molecule has 2 heterocycles. The highest BCUT2D eigenvalue weighted by atomic mass is 32.2. The molecule has 2 N–H and O–H groups in total. The molecule has 0 fully saturated rings. The van der Waals surface area contributed by atoms with Gasteiger partial charge in [-0.05, 0) is 118 Å². The first-order valence-electron chi connectivity index (χ1n) is 37.1. The fourth-order valence-electron chi connectivity index (χ4n) is 13.4. The van der Waals surface area contributed by atoms with Crippen LogP contribution in [0.2, 0.25) is 0 Å². The lowest BCUT2D eigenvalue weighted by molar-refractivity contribution is -0.142. The Morgan fingerprint density at radius 3 is 1.07 bits per heavy atom. The Balaban J connectivity index is 1.28. The van der Waals surface area contributed by atoms with E-state index in [2.05, 4.69) is 13.8 Å². The van der Waals surface area contributed by atoms with E-state index in [1.165, 1.54) is 145 Å². The molecule has 19 nitrogen and oxygen atoms in total. The molecule has 2 unspecified atom stereocenters. The quantitative estimate of drug-likeness (QED) is 0.0209. The lowest BCUT2D eigenvalue weighted by Gasteiger charge is -2.30. The van der Waals surface area contributed by atoms with Crippen molar-refractivity contribution in [2.45, 2.75) is 249 Å². The largest absolute Gasteiger partial charge is 0.465 e. The van der Waals surface area contributed by atoms with Gasteiger partial charge >= 0.3 is 11.9 Å². The summed E-state index contributed by atoms with van der Waals surface area (Å²) in [4.78, 5) is 58.8. The Morgan fingerprint density at radius 2 is 0.760 bits per heavy atom. The van der Waals surface area contributed by atoms with E-state index in [9.17, 15) is 35.5 Å².